The van der Waals surface area contributed by atoms with Gasteiger partial charge in [-0.1, -0.05) is 0 Å². The Morgan fingerprint density at radius 1 is 1.47 bits per heavy atom. The molecule has 0 saturated carbocycles. The van der Waals surface area contributed by atoms with Crippen molar-refractivity contribution in [3.05, 3.63) is 28.3 Å². The van der Waals surface area contributed by atoms with E-state index >= 15 is 0 Å². The zero-order valence-corrected chi connectivity index (χ0v) is 11.2. The molecule has 19 heavy (non-hydrogen) atoms. The zero-order chi connectivity index (χ0) is 14.6. The van der Waals surface area contributed by atoms with Crippen LogP contribution in [-0.4, -0.2) is 30.5 Å². The molecule has 7 nitrogen and oxygen atoms in total. The normalized spacial score (nSPS) is 10.3. The summed E-state index contributed by atoms with van der Waals surface area (Å²) in [4.78, 5) is 23.5. The van der Waals surface area contributed by atoms with Crippen LogP contribution in [0.3, 0.4) is 0 Å². The van der Waals surface area contributed by atoms with E-state index in [0.717, 1.165) is 0 Å². The van der Waals surface area contributed by atoms with Crippen molar-refractivity contribution in [3.8, 4) is 0 Å². The number of benzene rings is 1. The highest BCUT2D eigenvalue weighted by molar-refractivity contribution is 5.82. The van der Waals surface area contributed by atoms with Gasteiger partial charge in [0.15, 0.2) is 0 Å². The lowest BCUT2D eigenvalue weighted by atomic mass is 10.2. The summed E-state index contributed by atoms with van der Waals surface area (Å²) < 4.78 is 0. The van der Waals surface area contributed by atoms with Crippen molar-refractivity contribution >= 4 is 23.0 Å². The van der Waals surface area contributed by atoms with Crippen LogP contribution in [0.1, 0.15) is 13.8 Å². The van der Waals surface area contributed by atoms with Crippen molar-refractivity contribution in [2.45, 2.75) is 19.9 Å². The fourth-order valence-corrected chi connectivity index (χ4v) is 1.62. The zero-order valence-electron chi connectivity index (χ0n) is 11.2. The predicted octanol–water partition coefficient (Wildman–Crippen LogP) is 1.14. The lowest BCUT2D eigenvalue weighted by molar-refractivity contribution is -0.384. The fraction of sp³-hybridized carbons (Fsp3) is 0.417. The quantitative estimate of drug-likeness (QED) is 0.472. The number of hydrogen-bond acceptors (Lipinski definition) is 5. The Balaban J connectivity index is 2.84. The first-order valence-corrected chi connectivity index (χ1v) is 5.85. The molecule has 104 valence electrons. The maximum atomic E-state index is 11.6. The van der Waals surface area contributed by atoms with E-state index in [2.05, 4.69) is 5.32 Å². The molecule has 1 rings (SSSR count). The SMILES string of the molecule is CC(C)NC(=O)CN(C)c1cc(N)cc([N+](=O)[O-])c1. The van der Waals surface area contributed by atoms with E-state index in [1.165, 1.54) is 12.1 Å². The van der Waals surface area contributed by atoms with Crippen molar-refractivity contribution < 1.29 is 9.72 Å². The van der Waals surface area contributed by atoms with Crippen molar-refractivity contribution in [1.29, 1.82) is 0 Å². The third-order valence-electron chi connectivity index (χ3n) is 2.41. The summed E-state index contributed by atoms with van der Waals surface area (Å²) in [6, 6.07) is 4.32. The first kappa shape index (κ1) is 14.7. The topological polar surface area (TPSA) is 102 Å². The molecular weight excluding hydrogens is 248 g/mol. The second-order valence-corrected chi connectivity index (χ2v) is 4.62. The van der Waals surface area contributed by atoms with E-state index in [-0.39, 0.29) is 24.2 Å². The monoisotopic (exact) mass is 266 g/mol. The number of nitro benzene ring substituents is 1. The van der Waals surface area contributed by atoms with Gasteiger partial charge in [-0.2, -0.15) is 0 Å². The number of amides is 1. The van der Waals surface area contributed by atoms with Gasteiger partial charge in [0.2, 0.25) is 5.91 Å². The van der Waals surface area contributed by atoms with E-state index in [1.807, 2.05) is 13.8 Å². The van der Waals surface area contributed by atoms with Gasteiger partial charge >= 0.3 is 0 Å². The summed E-state index contributed by atoms with van der Waals surface area (Å²) in [5.74, 6) is -0.150. The Kier molecular flexibility index (Phi) is 4.68. The van der Waals surface area contributed by atoms with Crippen LogP contribution in [0.2, 0.25) is 0 Å². The number of nitrogens with zero attached hydrogens (tertiary/aromatic N) is 2. The summed E-state index contributed by atoms with van der Waals surface area (Å²) in [7, 11) is 1.68. The van der Waals surface area contributed by atoms with Crippen molar-refractivity contribution in [1.82, 2.24) is 5.32 Å². The molecule has 0 unspecified atom stereocenters. The molecule has 0 aliphatic rings. The number of rotatable bonds is 5. The standard InChI is InChI=1S/C12H18N4O3/c1-8(2)14-12(17)7-15(3)10-4-9(13)5-11(6-10)16(18)19/h4-6,8H,7,13H2,1-3H3,(H,14,17). The number of carbonyl (C=O) groups excluding carboxylic acids is 1. The molecule has 7 heteroatoms. The summed E-state index contributed by atoms with van der Waals surface area (Å²) in [6.07, 6.45) is 0. The van der Waals surface area contributed by atoms with Crippen LogP contribution in [0.15, 0.2) is 18.2 Å². The lowest BCUT2D eigenvalue weighted by Crippen LogP contribution is -2.38. The molecule has 1 aromatic carbocycles. The van der Waals surface area contributed by atoms with E-state index in [9.17, 15) is 14.9 Å². The molecule has 0 spiro atoms. The first-order chi connectivity index (χ1) is 8.79. The van der Waals surface area contributed by atoms with Crippen molar-refractivity contribution in [3.63, 3.8) is 0 Å². The van der Waals surface area contributed by atoms with E-state index < -0.39 is 4.92 Å². The number of nitrogens with one attached hydrogen (secondary N) is 1. The fourth-order valence-electron chi connectivity index (χ4n) is 1.62. The summed E-state index contributed by atoms with van der Waals surface area (Å²) in [5, 5.41) is 13.5. The van der Waals surface area contributed by atoms with Crippen LogP contribution in [0.4, 0.5) is 17.1 Å². The number of nitro groups is 1. The molecule has 0 aliphatic carbocycles. The molecule has 3 N–H and O–H groups in total. The van der Waals surface area contributed by atoms with Crippen LogP contribution in [0.5, 0.6) is 0 Å². The van der Waals surface area contributed by atoms with Gasteiger partial charge in [-0.15, -0.1) is 0 Å². The van der Waals surface area contributed by atoms with E-state index in [0.29, 0.717) is 11.4 Å². The van der Waals surface area contributed by atoms with Gasteiger partial charge in [-0.05, 0) is 19.9 Å². The minimum absolute atomic E-state index is 0.0519. The summed E-state index contributed by atoms with van der Waals surface area (Å²) >= 11 is 0. The highest BCUT2D eigenvalue weighted by atomic mass is 16.6. The second kappa shape index (κ2) is 6.03. The smallest absolute Gasteiger partial charge is 0.273 e. The van der Waals surface area contributed by atoms with Crippen LogP contribution < -0.4 is 16.0 Å². The Morgan fingerprint density at radius 3 is 2.63 bits per heavy atom. The van der Waals surface area contributed by atoms with Gasteiger partial charge in [-0.25, -0.2) is 0 Å². The van der Waals surface area contributed by atoms with Crippen molar-refractivity contribution in [2.75, 3.05) is 24.2 Å². The number of anilines is 2. The molecule has 1 amide bonds. The number of non-ortho nitro benzene ring substituents is 1. The minimum Gasteiger partial charge on any atom is -0.398 e. The average Bonchev–Trinajstić information content (AvgIpc) is 2.26. The van der Waals surface area contributed by atoms with Crippen LogP contribution in [0.25, 0.3) is 0 Å². The highest BCUT2D eigenvalue weighted by Crippen LogP contribution is 2.24. The lowest BCUT2D eigenvalue weighted by Gasteiger charge is -2.19. The Labute approximate surface area is 111 Å². The van der Waals surface area contributed by atoms with Gasteiger partial charge in [0.25, 0.3) is 5.69 Å². The molecule has 0 radical (unpaired) electrons. The van der Waals surface area contributed by atoms with E-state index in [4.69, 9.17) is 5.73 Å². The molecule has 0 aliphatic heterocycles. The third-order valence-corrected chi connectivity index (χ3v) is 2.41. The van der Waals surface area contributed by atoms with Crippen molar-refractivity contribution in [2.24, 2.45) is 0 Å². The highest BCUT2D eigenvalue weighted by Gasteiger charge is 2.13. The molecule has 0 atom stereocenters. The summed E-state index contributed by atoms with van der Waals surface area (Å²) in [6.45, 7) is 3.84. The largest absolute Gasteiger partial charge is 0.398 e. The van der Waals surface area contributed by atoms with Crippen LogP contribution >= 0.6 is 0 Å². The van der Waals surface area contributed by atoms with Gasteiger partial charge in [0.05, 0.1) is 11.5 Å². The Hall–Kier alpha value is -2.31. The number of likely N-dealkylation sites (N-methyl/N-ethyl adjacent to an activating group) is 1. The Bertz CT molecular complexity index is 488. The number of hydrogen-bond donors (Lipinski definition) is 2. The number of carbonyl (C=O) groups is 1. The molecule has 0 bridgehead atoms. The third kappa shape index (κ3) is 4.46. The molecule has 0 fully saturated rings. The van der Waals surface area contributed by atoms with Gasteiger partial charge in [0.1, 0.15) is 0 Å². The van der Waals surface area contributed by atoms with Crippen LogP contribution in [0, 0.1) is 10.1 Å². The molecular formula is C12H18N4O3. The molecule has 0 saturated heterocycles. The maximum Gasteiger partial charge on any atom is 0.273 e. The number of nitrogens with two attached hydrogens (primary N) is 1. The molecule has 1 aromatic rings. The average molecular weight is 266 g/mol. The predicted molar refractivity (Wildman–Crippen MR) is 74.1 cm³/mol. The summed E-state index contributed by atoms with van der Waals surface area (Å²) in [5.41, 5.74) is 6.35. The molecule has 0 heterocycles. The van der Waals surface area contributed by atoms with Crippen LogP contribution in [-0.2, 0) is 4.79 Å². The minimum atomic E-state index is -0.512. The molecule has 0 aromatic heterocycles. The second-order valence-electron chi connectivity index (χ2n) is 4.62. The Morgan fingerprint density at radius 2 is 2.11 bits per heavy atom. The number of nitrogen functional groups attached to an aromatic ring is 1. The first-order valence-electron chi connectivity index (χ1n) is 5.85. The van der Waals surface area contributed by atoms with E-state index in [1.54, 1.807) is 18.0 Å². The van der Waals surface area contributed by atoms with Gasteiger partial charge in [-0.3, -0.25) is 14.9 Å². The van der Waals surface area contributed by atoms with Gasteiger partial charge < -0.3 is 16.0 Å². The maximum absolute atomic E-state index is 11.6. The van der Waals surface area contributed by atoms with Gasteiger partial charge in [0, 0.05) is 36.6 Å².